The minimum absolute atomic E-state index is 0.0184. The summed E-state index contributed by atoms with van der Waals surface area (Å²) in [4.78, 5) is 24.2. The number of carbonyl (C=O) groups is 2. The highest BCUT2D eigenvalue weighted by molar-refractivity contribution is 6.35. The predicted octanol–water partition coefficient (Wildman–Crippen LogP) is 2.99. The minimum Gasteiger partial charge on any atom is -0.508 e. The van der Waals surface area contributed by atoms with Gasteiger partial charge in [-0.2, -0.15) is 0 Å². The molecule has 0 radical (unpaired) electrons. The first-order chi connectivity index (χ1) is 17.4. The van der Waals surface area contributed by atoms with Crippen LogP contribution in [0.25, 0.3) is 11.6 Å². The van der Waals surface area contributed by atoms with Crippen molar-refractivity contribution in [2.75, 3.05) is 31.6 Å². The van der Waals surface area contributed by atoms with Crippen LogP contribution >= 0.6 is 0 Å². The number of carboxylic acid groups (broad SMARTS) is 1. The van der Waals surface area contributed by atoms with Crippen LogP contribution in [-0.2, 0) is 4.79 Å². The van der Waals surface area contributed by atoms with Gasteiger partial charge < -0.3 is 35.4 Å². The number of aliphatic hydroxyl groups is 1. The summed E-state index contributed by atoms with van der Waals surface area (Å²) < 4.78 is 11.4. The fourth-order valence-electron chi connectivity index (χ4n) is 3.74. The summed E-state index contributed by atoms with van der Waals surface area (Å²) in [6.45, 7) is 1.12. The first kappa shape index (κ1) is 24.8. The molecule has 0 fully saturated rings. The van der Waals surface area contributed by atoms with Crippen LogP contribution in [0.1, 0.15) is 21.5 Å². The van der Waals surface area contributed by atoms with Crippen molar-refractivity contribution in [3.8, 4) is 17.2 Å². The molecule has 3 aromatic rings. The van der Waals surface area contributed by atoms with Gasteiger partial charge in [0, 0.05) is 13.1 Å². The van der Waals surface area contributed by atoms with Gasteiger partial charge >= 0.3 is 5.97 Å². The summed E-state index contributed by atoms with van der Waals surface area (Å²) in [5.41, 5.74) is 1.84. The smallest absolute Gasteiger partial charge is 0.336 e. The molecule has 0 aromatic heterocycles. The van der Waals surface area contributed by atoms with Crippen LogP contribution in [0.2, 0.25) is 0 Å². The zero-order chi connectivity index (χ0) is 25.5. The lowest BCUT2D eigenvalue weighted by atomic mass is 10.00. The molecular weight excluding hydrogens is 464 g/mol. The third-order valence-electron chi connectivity index (χ3n) is 5.47. The number of ether oxygens (including phenoxy) is 2. The molecule has 36 heavy (non-hydrogen) atoms. The minimum atomic E-state index is -1.09. The Morgan fingerprint density at radius 2 is 1.81 bits per heavy atom. The lowest BCUT2D eigenvalue weighted by Gasteiger charge is -2.15. The highest BCUT2D eigenvalue weighted by Gasteiger charge is 2.28. The number of phenolic OH excluding ortho intramolecular Hbond substituents is 1. The number of benzene rings is 3. The van der Waals surface area contributed by atoms with Gasteiger partial charge in [-0.3, -0.25) is 4.79 Å². The van der Waals surface area contributed by atoms with E-state index in [4.69, 9.17) is 9.47 Å². The molecule has 0 aliphatic carbocycles. The van der Waals surface area contributed by atoms with Crippen molar-refractivity contribution in [3.63, 3.8) is 0 Å². The highest BCUT2D eigenvalue weighted by Crippen LogP contribution is 2.40. The number of carbonyl (C=O) groups excluding carboxylic acids is 1. The van der Waals surface area contributed by atoms with Crippen LogP contribution in [0.15, 0.2) is 66.7 Å². The molecule has 1 aliphatic heterocycles. The van der Waals surface area contributed by atoms with E-state index in [-0.39, 0.29) is 35.9 Å². The van der Waals surface area contributed by atoms with Gasteiger partial charge in [0.1, 0.15) is 36.6 Å². The Kier molecular flexibility index (Phi) is 7.84. The molecule has 1 atom stereocenters. The van der Waals surface area contributed by atoms with Gasteiger partial charge in [-0.1, -0.05) is 24.3 Å². The number of hydrogen-bond acceptors (Lipinski definition) is 7. The number of aromatic carboxylic acids is 1. The molecule has 0 spiro atoms. The molecule has 5 N–H and O–H groups in total. The van der Waals surface area contributed by atoms with Crippen LogP contribution in [0.4, 0.5) is 5.69 Å². The molecular formula is C27H26N2O7. The zero-order valence-electron chi connectivity index (χ0n) is 19.3. The van der Waals surface area contributed by atoms with E-state index in [1.165, 1.54) is 12.1 Å². The maximum atomic E-state index is 12.7. The van der Waals surface area contributed by atoms with Crippen LogP contribution in [-0.4, -0.2) is 59.6 Å². The van der Waals surface area contributed by atoms with Crippen LogP contribution in [0, 0.1) is 0 Å². The number of nitrogens with one attached hydrogen (secondary N) is 2. The van der Waals surface area contributed by atoms with Gasteiger partial charge in [-0.25, -0.2) is 4.79 Å². The Morgan fingerprint density at radius 3 is 2.58 bits per heavy atom. The number of amides is 1. The molecule has 186 valence electrons. The number of aliphatic hydroxyl groups excluding tert-OH is 1. The second-order valence-corrected chi connectivity index (χ2v) is 8.09. The Bertz CT molecular complexity index is 1270. The third-order valence-corrected chi connectivity index (χ3v) is 5.47. The summed E-state index contributed by atoms with van der Waals surface area (Å²) in [5.74, 6) is -0.249. The highest BCUT2D eigenvalue weighted by atomic mass is 16.5. The van der Waals surface area contributed by atoms with Gasteiger partial charge in [0.05, 0.1) is 22.4 Å². The lowest BCUT2D eigenvalue weighted by molar-refractivity contribution is -0.110. The molecule has 9 heteroatoms. The number of hydrogen-bond donors (Lipinski definition) is 5. The first-order valence-electron chi connectivity index (χ1n) is 11.3. The molecule has 1 heterocycles. The fourth-order valence-corrected chi connectivity index (χ4v) is 3.74. The van der Waals surface area contributed by atoms with Crippen molar-refractivity contribution < 1.29 is 34.4 Å². The number of rotatable bonds is 11. The predicted molar refractivity (Wildman–Crippen MR) is 134 cm³/mol. The van der Waals surface area contributed by atoms with Crippen molar-refractivity contribution in [2.24, 2.45) is 0 Å². The number of fused-ring (bicyclic) bond motifs is 1. The number of phenols is 1. The average Bonchev–Trinajstić information content (AvgIpc) is 3.19. The van der Waals surface area contributed by atoms with Gasteiger partial charge in [0.25, 0.3) is 5.91 Å². The molecule has 1 amide bonds. The zero-order valence-corrected chi connectivity index (χ0v) is 19.3. The van der Waals surface area contributed by atoms with Crippen molar-refractivity contribution in [2.45, 2.75) is 6.10 Å². The molecule has 9 nitrogen and oxygen atoms in total. The van der Waals surface area contributed by atoms with Crippen LogP contribution < -0.4 is 20.1 Å². The Balaban J connectivity index is 1.36. The van der Waals surface area contributed by atoms with E-state index in [0.717, 1.165) is 0 Å². The molecule has 0 saturated carbocycles. The van der Waals surface area contributed by atoms with E-state index < -0.39 is 12.1 Å². The van der Waals surface area contributed by atoms with Gasteiger partial charge in [0.15, 0.2) is 0 Å². The summed E-state index contributed by atoms with van der Waals surface area (Å²) >= 11 is 0. The standard InChI is InChI=1S/C27H26N2O7/c30-18-8-10-20(11-9-18)35-13-12-28-15-19(31)16-36-24-7-3-6-23-25(24)22(26(32)29-23)14-17-4-1-2-5-21(17)27(33)34/h1-11,14,19,28,30-31H,12-13,15-16H2,(H,29,32)(H,33,34)/b22-14+. The van der Waals surface area contributed by atoms with E-state index >= 15 is 0 Å². The molecule has 3 aromatic carbocycles. The van der Waals surface area contributed by atoms with E-state index in [1.807, 2.05) is 0 Å². The number of aromatic hydroxyl groups is 1. The van der Waals surface area contributed by atoms with Crippen molar-refractivity contribution in [3.05, 3.63) is 83.4 Å². The lowest BCUT2D eigenvalue weighted by Crippen LogP contribution is -2.33. The van der Waals surface area contributed by atoms with Crippen LogP contribution in [0.3, 0.4) is 0 Å². The van der Waals surface area contributed by atoms with Crippen molar-refractivity contribution in [1.29, 1.82) is 0 Å². The second-order valence-electron chi connectivity index (χ2n) is 8.09. The van der Waals surface area contributed by atoms with E-state index in [9.17, 15) is 24.9 Å². The van der Waals surface area contributed by atoms with Crippen molar-refractivity contribution >= 4 is 29.2 Å². The monoisotopic (exact) mass is 490 g/mol. The van der Waals surface area contributed by atoms with Gasteiger partial charge in [-0.15, -0.1) is 0 Å². The average molecular weight is 491 g/mol. The fraction of sp³-hybridized carbons (Fsp3) is 0.185. The van der Waals surface area contributed by atoms with E-state index in [1.54, 1.807) is 60.7 Å². The topological polar surface area (TPSA) is 137 Å². The quantitative estimate of drug-likeness (QED) is 0.204. The van der Waals surface area contributed by atoms with Crippen LogP contribution in [0.5, 0.6) is 17.2 Å². The maximum absolute atomic E-state index is 12.7. The third kappa shape index (κ3) is 6.01. The summed E-state index contributed by atoms with van der Waals surface area (Å²) in [6, 6.07) is 18.0. The summed E-state index contributed by atoms with van der Waals surface area (Å²) in [7, 11) is 0. The second kappa shape index (κ2) is 11.4. The van der Waals surface area contributed by atoms with Crippen molar-refractivity contribution in [1.82, 2.24) is 5.32 Å². The van der Waals surface area contributed by atoms with E-state index in [2.05, 4.69) is 10.6 Å². The summed E-state index contributed by atoms with van der Waals surface area (Å²) in [6.07, 6.45) is 0.712. The first-order valence-corrected chi connectivity index (χ1v) is 11.3. The van der Waals surface area contributed by atoms with Gasteiger partial charge in [0.2, 0.25) is 0 Å². The molecule has 1 aliphatic rings. The number of anilines is 1. The van der Waals surface area contributed by atoms with E-state index in [0.29, 0.717) is 41.5 Å². The SMILES string of the molecule is O=C1Nc2cccc(OCC(O)CNCCOc3ccc(O)cc3)c2/C1=C\c1ccccc1C(=O)O. The normalized spacial score (nSPS) is 14.2. The molecule has 0 bridgehead atoms. The summed E-state index contributed by atoms with van der Waals surface area (Å²) in [5, 5.41) is 34.9. The maximum Gasteiger partial charge on any atom is 0.336 e. The number of carboxylic acids is 1. The Morgan fingerprint density at radius 1 is 1.03 bits per heavy atom. The Hall–Kier alpha value is -4.34. The largest absolute Gasteiger partial charge is 0.508 e. The molecule has 1 unspecified atom stereocenters. The molecule has 4 rings (SSSR count). The van der Waals surface area contributed by atoms with Gasteiger partial charge in [-0.05, 0) is 54.1 Å². The Labute approximate surface area is 207 Å². The molecule has 0 saturated heterocycles.